The van der Waals surface area contributed by atoms with Gasteiger partial charge in [0, 0.05) is 37.6 Å². The monoisotopic (exact) mass is 292 g/mol. The van der Waals surface area contributed by atoms with E-state index < -0.39 is 0 Å². The van der Waals surface area contributed by atoms with Crippen LogP contribution in [0.3, 0.4) is 0 Å². The van der Waals surface area contributed by atoms with Crippen molar-refractivity contribution in [1.29, 1.82) is 0 Å². The second-order valence-corrected chi connectivity index (χ2v) is 5.57. The number of hydrogen-bond acceptors (Lipinski definition) is 5. The molecule has 1 fully saturated rings. The predicted octanol–water partition coefficient (Wildman–Crippen LogP) is 1.21. The summed E-state index contributed by atoms with van der Waals surface area (Å²) in [4.78, 5) is 22.8. The van der Waals surface area contributed by atoms with E-state index >= 15 is 0 Å². The number of amides is 1. The third kappa shape index (κ3) is 4.67. The second kappa shape index (κ2) is 7.36. The molecule has 0 bridgehead atoms. The first-order valence-corrected chi connectivity index (χ1v) is 7.44. The van der Waals surface area contributed by atoms with Crippen LogP contribution in [0, 0.1) is 13.8 Å². The minimum Gasteiger partial charge on any atom is -0.375 e. The largest absolute Gasteiger partial charge is 0.375 e. The highest BCUT2D eigenvalue weighted by Crippen LogP contribution is 2.17. The summed E-state index contributed by atoms with van der Waals surface area (Å²) < 4.78 is 4.85. The van der Waals surface area contributed by atoms with E-state index in [1.165, 1.54) is 7.11 Å². The number of aryl methyl sites for hydroxylation is 2. The van der Waals surface area contributed by atoms with Gasteiger partial charge >= 0.3 is 0 Å². The molecule has 1 atom stereocenters. The Bertz CT molecular complexity index is 472. The summed E-state index contributed by atoms with van der Waals surface area (Å²) in [7, 11) is 1.53. The molecule has 2 rings (SSSR count). The lowest BCUT2D eigenvalue weighted by atomic mass is 10.1. The third-order valence-electron chi connectivity index (χ3n) is 3.62. The Labute approximate surface area is 125 Å². The third-order valence-corrected chi connectivity index (χ3v) is 3.62. The summed E-state index contributed by atoms with van der Waals surface area (Å²) in [6.45, 7) is 5.90. The molecule has 0 saturated carbocycles. The highest BCUT2D eigenvalue weighted by atomic mass is 16.5. The van der Waals surface area contributed by atoms with Crippen LogP contribution < -0.4 is 10.2 Å². The van der Waals surface area contributed by atoms with Crippen molar-refractivity contribution < 1.29 is 9.53 Å². The van der Waals surface area contributed by atoms with E-state index in [-0.39, 0.29) is 18.6 Å². The number of hydrogen-bond donors (Lipinski definition) is 1. The smallest absolute Gasteiger partial charge is 0.246 e. The van der Waals surface area contributed by atoms with Crippen molar-refractivity contribution in [2.24, 2.45) is 0 Å². The maximum Gasteiger partial charge on any atom is 0.246 e. The van der Waals surface area contributed by atoms with Gasteiger partial charge in [-0.05, 0) is 39.2 Å². The molecule has 0 aliphatic carbocycles. The Hall–Kier alpha value is -1.69. The Morgan fingerprint density at radius 2 is 2.05 bits per heavy atom. The van der Waals surface area contributed by atoms with Crippen molar-refractivity contribution in [1.82, 2.24) is 15.3 Å². The van der Waals surface area contributed by atoms with E-state index in [9.17, 15) is 4.79 Å². The lowest BCUT2D eigenvalue weighted by Gasteiger charge is -2.21. The molecule has 1 aromatic heterocycles. The molecule has 0 aromatic carbocycles. The number of anilines is 1. The first kappa shape index (κ1) is 15.7. The Morgan fingerprint density at radius 1 is 1.33 bits per heavy atom. The summed E-state index contributed by atoms with van der Waals surface area (Å²) in [6.07, 6.45) is 2.91. The highest BCUT2D eigenvalue weighted by Gasteiger charge is 2.20. The van der Waals surface area contributed by atoms with E-state index in [0.717, 1.165) is 49.7 Å². The molecule has 0 unspecified atom stereocenters. The normalized spacial score (nSPS) is 19.2. The van der Waals surface area contributed by atoms with Crippen LogP contribution in [0.1, 0.15) is 30.7 Å². The van der Waals surface area contributed by atoms with Gasteiger partial charge < -0.3 is 15.0 Å². The highest BCUT2D eigenvalue weighted by molar-refractivity contribution is 5.77. The number of methoxy groups -OCH3 is 1. The van der Waals surface area contributed by atoms with Crippen LogP contribution in [0.2, 0.25) is 0 Å². The van der Waals surface area contributed by atoms with Crippen LogP contribution in [0.25, 0.3) is 0 Å². The van der Waals surface area contributed by atoms with Crippen LogP contribution in [0.15, 0.2) is 6.07 Å². The average Bonchev–Trinajstić information content (AvgIpc) is 2.63. The summed E-state index contributed by atoms with van der Waals surface area (Å²) in [5.41, 5.74) is 1.98. The van der Waals surface area contributed by atoms with Crippen molar-refractivity contribution in [3.63, 3.8) is 0 Å². The molecule has 0 spiro atoms. The second-order valence-electron chi connectivity index (χ2n) is 5.57. The van der Waals surface area contributed by atoms with Gasteiger partial charge in [-0.15, -0.1) is 0 Å². The van der Waals surface area contributed by atoms with Gasteiger partial charge in [-0.1, -0.05) is 0 Å². The van der Waals surface area contributed by atoms with Gasteiger partial charge in [0.15, 0.2) is 0 Å². The first-order valence-electron chi connectivity index (χ1n) is 7.44. The zero-order valence-corrected chi connectivity index (χ0v) is 13.1. The fraction of sp³-hybridized carbons (Fsp3) is 0.667. The van der Waals surface area contributed by atoms with Gasteiger partial charge in [0.1, 0.15) is 6.61 Å². The first-order chi connectivity index (χ1) is 10.1. The molecule has 6 heteroatoms. The molecule has 1 aliphatic heterocycles. The molecule has 1 N–H and O–H groups in total. The topological polar surface area (TPSA) is 67.3 Å². The van der Waals surface area contributed by atoms with Gasteiger partial charge in [-0.3, -0.25) is 4.79 Å². The zero-order chi connectivity index (χ0) is 15.2. The van der Waals surface area contributed by atoms with Crippen LogP contribution >= 0.6 is 0 Å². The molecule has 1 aliphatic rings. The van der Waals surface area contributed by atoms with Gasteiger partial charge in [0.05, 0.1) is 0 Å². The van der Waals surface area contributed by atoms with E-state index in [1.807, 2.05) is 19.9 Å². The van der Waals surface area contributed by atoms with Gasteiger partial charge in [0.2, 0.25) is 11.9 Å². The molecule has 116 valence electrons. The molecular formula is C15H24N4O2. The van der Waals surface area contributed by atoms with Crippen LogP contribution in [-0.4, -0.2) is 48.7 Å². The van der Waals surface area contributed by atoms with E-state index in [2.05, 4.69) is 20.2 Å². The van der Waals surface area contributed by atoms with Gasteiger partial charge in [0.25, 0.3) is 0 Å². The van der Waals surface area contributed by atoms with E-state index in [4.69, 9.17) is 4.74 Å². The van der Waals surface area contributed by atoms with Crippen LogP contribution in [0.4, 0.5) is 5.95 Å². The van der Waals surface area contributed by atoms with Gasteiger partial charge in [-0.25, -0.2) is 9.97 Å². The Morgan fingerprint density at radius 3 is 2.71 bits per heavy atom. The van der Waals surface area contributed by atoms with Crippen molar-refractivity contribution in [2.75, 3.05) is 31.7 Å². The fourth-order valence-corrected chi connectivity index (χ4v) is 2.69. The Kier molecular flexibility index (Phi) is 5.50. The summed E-state index contributed by atoms with van der Waals surface area (Å²) >= 11 is 0. The number of aromatic nitrogens is 2. The summed E-state index contributed by atoms with van der Waals surface area (Å²) in [5, 5.41) is 3.02. The number of carbonyl (C=O) groups excluding carboxylic acids is 1. The molecule has 0 radical (unpaired) electrons. The lowest BCUT2D eigenvalue weighted by Crippen LogP contribution is -2.37. The summed E-state index contributed by atoms with van der Waals surface area (Å²) in [5.74, 6) is 0.759. The summed E-state index contributed by atoms with van der Waals surface area (Å²) in [6, 6.07) is 2.19. The number of nitrogens with zero attached hydrogens (tertiary/aromatic N) is 3. The Balaban J connectivity index is 1.95. The van der Waals surface area contributed by atoms with Crippen molar-refractivity contribution in [3.8, 4) is 0 Å². The zero-order valence-electron chi connectivity index (χ0n) is 13.1. The lowest BCUT2D eigenvalue weighted by molar-refractivity contribution is -0.125. The molecule has 1 saturated heterocycles. The molecule has 6 nitrogen and oxygen atoms in total. The standard InChI is InChI=1S/C15H24N4O2/c1-11-9-12(2)17-15(16-11)19-7-4-5-13(6-8-19)18-14(20)10-21-3/h9,13H,4-8,10H2,1-3H3,(H,18,20)/t13-/m1/s1. The SMILES string of the molecule is COCC(=O)N[C@@H]1CCCN(c2nc(C)cc(C)n2)CC1. The molecule has 1 amide bonds. The quantitative estimate of drug-likeness (QED) is 0.903. The van der Waals surface area contributed by atoms with Crippen molar-refractivity contribution >= 4 is 11.9 Å². The number of rotatable bonds is 4. The minimum absolute atomic E-state index is 0.0430. The molecular weight excluding hydrogens is 268 g/mol. The van der Waals surface area contributed by atoms with Crippen LogP contribution in [0.5, 0.6) is 0 Å². The van der Waals surface area contributed by atoms with Crippen molar-refractivity contribution in [2.45, 2.75) is 39.2 Å². The fourth-order valence-electron chi connectivity index (χ4n) is 2.69. The predicted molar refractivity (Wildman–Crippen MR) is 81.4 cm³/mol. The molecule has 21 heavy (non-hydrogen) atoms. The van der Waals surface area contributed by atoms with E-state index in [0.29, 0.717) is 0 Å². The van der Waals surface area contributed by atoms with E-state index in [1.54, 1.807) is 0 Å². The van der Waals surface area contributed by atoms with Crippen LogP contribution in [-0.2, 0) is 9.53 Å². The van der Waals surface area contributed by atoms with Gasteiger partial charge in [-0.2, -0.15) is 0 Å². The number of nitrogens with one attached hydrogen (secondary N) is 1. The molecule has 2 heterocycles. The maximum atomic E-state index is 11.6. The minimum atomic E-state index is -0.0430. The number of ether oxygens (including phenoxy) is 1. The molecule has 1 aromatic rings. The maximum absolute atomic E-state index is 11.6. The average molecular weight is 292 g/mol. The number of carbonyl (C=O) groups is 1. The van der Waals surface area contributed by atoms with Crippen molar-refractivity contribution in [3.05, 3.63) is 17.5 Å².